The minimum absolute atomic E-state index is 0.154. The van der Waals surface area contributed by atoms with Crippen LogP contribution in [-0.2, 0) is 0 Å². The zero-order valence-electron chi connectivity index (χ0n) is 12.6. The highest BCUT2D eigenvalue weighted by Gasteiger charge is 2.16. The first-order valence-electron chi connectivity index (χ1n) is 6.47. The summed E-state index contributed by atoms with van der Waals surface area (Å²) in [5.74, 6) is 0. The molecule has 0 heterocycles. The molecule has 0 aliphatic heterocycles. The molecule has 0 fully saturated rings. The van der Waals surface area contributed by atoms with Crippen molar-refractivity contribution in [1.82, 2.24) is 0 Å². The van der Waals surface area contributed by atoms with Crippen LogP contribution in [0.5, 0.6) is 0 Å². The lowest BCUT2D eigenvalue weighted by molar-refractivity contribution is 0.591. The molecule has 0 aromatic carbocycles. The number of nitroso groups, excluding NO2 is 2. The van der Waals surface area contributed by atoms with E-state index in [9.17, 15) is 9.81 Å². The van der Waals surface area contributed by atoms with Gasteiger partial charge in [-0.2, -0.15) is 9.81 Å². The van der Waals surface area contributed by atoms with E-state index in [-0.39, 0.29) is 29.6 Å². The van der Waals surface area contributed by atoms with Crippen molar-refractivity contribution in [1.29, 1.82) is 0 Å². The van der Waals surface area contributed by atoms with Crippen LogP contribution in [0.25, 0.3) is 0 Å². The van der Waals surface area contributed by atoms with E-state index in [2.05, 4.69) is 20.3 Å². The van der Waals surface area contributed by atoms with E-state index < -0.39 is 0 Å². The second-order valence-electron chi connectivity index (χ2n) is 5.55. The van der Waals surface area contributed by atoms with Gasteiger partial charge in [0.2, 0.25) is 0 Å². The maximum absolute atomic E-state index is 10.4. The summed E-state index contributed by atoms with van der Waals surface area (Å²) in [7, 11) is 0. The molecule has 0 aliphatic rings. The molecular formula is C13H24N4O2. The molecule has 4 unspecified atom stereocenters. The summed E-state index contributed by atoms with van der Waals surface area (Å²) in [6.07, 6.45) is 3.52. The summed E-state index contributed by atoms with van der Waals surface area (Å²) in [5.41, 5.74) is -0.340. The third kappa shape index (κ3) is 6.88. The van der Waals surface area contributed by atoms with Gasteiger partial charge < -0.3 is 0 Å². The fourth-order valence-electron chi connectivity index (χ4n) is 1.08. The second-order valence-corrected chi connectivity index (χ2v) is 5.55. The van der Waals surface area contributed by atoms with Gasteiger partial charge >= 0.3 is 0 Å². The topological polar surface area (TPSA) is 83.6 Å². The van der Waals surface area contributed by atoms with Crippen LogP contribution in [0.2, 0.25) is 0 Å². The number of nitrogens with zero attached hydrogens (tertiary/aromatic N) is 4. The smallest absolute Gasteiger partial charge is 0.111 e. The van der Waals surface area contributed by atoms with Gasteiger partial charge in [-0.3, -0.25) is 9.98 Å². The van der Waals surface area contributed by atoms with Crippen molar-refractivity contribution < 1.29 is 0 Å². The van der Waals surface area contributed by atoms with Crippen LogP contribution in [0.1, 0.15) is 41.5 Å². The minimum atomic E-state index is -0.345. The van der Waals surface area contributed by atoms with Crippen molar-refractivity contribution >= 4 is 12.4 Å². The van der Waals surface area contributed by atoms with Crippen molar-refractivity contribution in [3.8, 4) is 0 Å². The van der Waals surface area contributed by atoms with Crippen molar-refractivity contribution in [3.05, 3.63) is 9.81 Å². The van der Waals surface area contributed by atoms with E-state index in [1.54, 1.807) is 26.3 Å². The van der Waals surface area contributed by atoms with Gasteiger partial charge in [-0.1, -0.05) is 10.4 Å². The van der Waals surface area contributed by atoms with Gasteiger partial charge in [-0.15, -0.1) is 0 Å². The fraction of sp³-hybridized carbons (Fsp3) is 0.846. The van der Waals surface area contributed by atoms with Crippen LogP contribution in [0, 0.1) is 15.2 Å². The van der Waals surface area contributed by atoms with E-state index in [1.165, 1.54) is 0 Å². The number of hydrogen-bond donors (Lipinski definition) is 0. The van der Waals surface area contributed by atoms with Gasteiger partial charge in [0.25, 0.3) is 0 Å². The van der Waals surface area contributed by atoms with Crippen LogP contribution in [0.4, 0.5) is 0 Å². The van der Waals surface area contributed by atoms with Crippen LogP contribution in [-0.4, -0.2) is 36.6 Å². The predicted molar refractivity (Wildman–Crippen MR) is 80.2 cm³/mol. The quantitative estimate of drug-likeness (QED) is 0.500. The lowest BCUT2D eigenvalue weighted by Gasteiger charge is -2.17. The monoisotopic (exact) mass is 268 g/mol. The van der Waals surface area contributed by atoms with Crippen molar-refractivity contribution in [3.63, 3.8) is 0 Å². The molecular weight excluding hydrogens is 244 g/mol. The zero-order valence-corrected chi connectivity index (χ0v) is 12.6. The number of aliphatic imine (C=N–C) groups is 2. The van der Waals surface area contributed by atoms with Gasteiger partial charge in [-0.25, -0.2) is 0 Å². The van der Waals surface area contributed by atoms with E-state index in [4.69, 9.17) is 0 Å². The van der Waals surface area contributed by atoms with Crippen molar-refractivity contribution in [2.45, 2.75) is 65.7 Å². The van der Waals surface area contributed by atoms with Crippen LogP contribution >= 0.6 is 0 Å². The molecule has 0 aliphatic carbocycles. The normalized spacial score (nSPS) is 19.3. The molecule has 0 N–H and O–H groups in total. The summed E-state index contributed by atoms with van der Waals surface area (Å²) in [5, 5.41) is 5.91. The standard InChI is InChI=1S/C13H24N4O2/c1-9(11(3)16-18)14-7-13(5,6)8-15-10(2)12(4)17-19/h7-12H,1-6H3. The summed E-state index contributed by atoms with van der Waals surface area (Å²) >= 11 is 0. The van der Waals surface area contributed by atoms with Crippen LogP contribution in [0.15, 0.2) is 20.3 Å². The molecule has 4 atom stereocenters. The second kappa shape index (κ2) is 7.86. The van der Waals surface area contributed by atoms with Gasteiger partial charge in [0.1, 0.15) is 12.1 Å². The number of rotatable bonds is 8. The Morgan fingerprint density at radius 1 is 0.737 bits per heavy atom. The van der Waals surface area contributed by atoms with Gasteiger partial charge in [-0.05, 0) is 41.5 Å². The van der Waals surface area contributed by atoms with Crippen molar-refractivity contribution in [2.24, 2.45) is 25.8 Å². The first kappa shape index (κ1) is 17.5. The summed E-state index contributed by atoms with van der Waals surface area (Å²) < 4.78 is 0. The summed E-state index contributed by atoms with van der Waals surface area (Å²) in [6.45, 7) is 11.1. The van der Waals surface area contributed by atoms with Crippen LogP contribution in [0.3, 0.4) is 0 Å². The highest BCUT2D eigenvalue weighted by atomic mass is 16.3. The molecule has 0 aromatic heterocycles. The molecule has 0 amide bonds. The summed E-state index contributed by atoms with van der Waals surface area (Å²) in [6, 6.07) is -0.999. The lowest BCUT2D eigenvalue weighted by atomic mass is 9.96. The van der Waals surface area contributed by atoms with Gasteiger partial charge in [0, 0.05) is 17.8 Å². The molecule has 6 nitrogen and oxygen atoms in total. The highest BCUT2D eigenvalue weighted by Crippen LogP contribution is 2.12. The maximum atomic E-state index is 10.4. The average Bonchev–Trinajstić information content (AvgIpc) is 2.40. The predicted octanol–water partition coefficient (Wildman–Crippen LogP) is 3.24. The molecule has 0 rings (SSSR count). The molecule has 0 bridgehead atoms. The van der Waals surface area contributed by atoms with Crippen molar-refractivity contribution in [2.75, 3.05) is 0 Å². The highest BCUT2D eigenvalue weighted by molar-refractivity contribution is 5.88. The Labute approximate surface area is 114 Å². The third-order valence-corrected chi connectivity index (χ3v) is 3.01. The average molecular weight is 268 g/mol. The molecule has 0 spiro atoms. The molecule has 0 aromatic rings. The van der Waals surface area contributed by atoms with E-state index >= 15 is 0 Å². The Morgan fingerprint density at radius 3 is 1.32 bits per heavy atom. The zero-order chi connectivity index (χ0) is 15.1. The number of hydrogen-bond acceptors (Lipinski definition) is 6. The Morgan fingerprint density at radius 2 is 1.05 bits per heavy atom. The fourth-order valence-corrected chi connectivity index (χ4v) is 1.08. The molecule has 0 radical (unpaired) electrons. The van der Waals surface area contributed by atoms with E-state index in [0.29, 0.717) is 0 Å². The Balaban J connectivity index is 4.62. The van der Waals surface area contributed by atoms with Gasteiger partial charge in [0.05, 0.1) is 12.1 Å². The molecule has 0 saturated carbocycles. The molecule has 6 heteroatoms. The Hall–Kier alpha value is -1.46. The summed E-state index contributed by atoms with van der Waals surface area (Å²) in [4.78, 5) is 29.4. The van der Waals surface area contributed by atoms with E-state index in [1.807, 2.05) is 27.7 Å². The molecule has 0 saturated heterocycles. The molecule has 108 valence electrons. The largest absolute Gasteiger partial charge is 0.291 e. The van der Waals surface area contributed by atoms with Crippen LogP contribution < -0.4 is 0 Å². The lowest BCUT2D eigenvalue weighted by Crippen LogP contribution is -2.22. The van der Waals surface area contributed by atoms with E-state index in [0.717, 1.165) is 0 Å². The van der Waals surface area contributed by atoms with Gasteiger partial charge in [0.15, 0.2) is 0 Å². The minimum Gasteiger partial charge on any atom is -0.291 e. The Kier molecular flexibility index (Phi) is 7.26. The SMILES string of the molecule is CC(N=O)C(C)N=CC(C)(C)C=NC(C)C(C)N=O. The maximum Gasteiger partial charge on any atom is 0.111 e. The third-order valence-electron chi connectivity index (χ3n) is 3.01. The molecule has 19 heavy (non-hydrogen) atoms. The Bertz CT molecular complexity index is 321. The first-order chi connectivity index (χ1) is 8.73. The first-order valence-corrected chi connectivity index (χ1v) is 6.47.